The Morgan fingerprint density at radius 3 is 2.49 bits per heavy atom. The van der Waals surface area contributed by atoms with Crippen molar-refractivity contribution in [2.45, 2.75) is 38.0 Å². The third-order valence-electron chi connectivity index (χ3n) is 6.01. The number of aromatic amines is 1. The van der Waals surface area contributed by atoms with Crippen LogP contribution >= 0.6 is 15.6 Å². The Labute approximate surface area is 228 Å². The Balaban J connectivity index is 1.42. The molecule has 0 aliphatic carbocycles. The normalized spacial score (nSPS) is 22.8. The molecule has 1 fully saturated rings. The van der Waals surface area contributed by atoms with Gasteiger partial charge in [-0.15, -0.1) is 0 Å². The van der Waals surface area contributed by atoms with Crippen LogP contribution in [0.3, 0.4) is 0 Å². The van der Waals surface area contributed by atoms with E-state index < -0.39 is 52.4 Å². The van der Waals surface area contributed by atoms with E-state index in [0.717, 1.165) is 5.56 Å². The summed E-state index contributed by atoms with van der Waals surface area (Å²) in [5.74, 6) is 0.579. The van der Waals surface area contributed by atoms with Gasteiger partial charge in [-0.05, 0) is 5.56 Å². The zero-order valence-electron chi connectivity index (χ0n) is 20.9. The van der Waals surface area contributed by atoms with Crippen molar-refractivity contribution in [2.75, 3.05) is 12.3 Å². The minimum Gasteiger partial charge on any atom is -0.387 e. The monoisotopic (exact) mass is 616 g/mol. The van der Waals surface area contributed by atoms with Gasteiger partial charge in [0.15, 0.2) is 6.33 Å². The number of aromatic nitrogens is 6. The standard InChI is InChI=1S/C20H23N7O12P2/c1-9-22-16(25-38-9)11-4-2-10(3-5-11)6-26-8-27(17-13(26)18(30)24-20(21)23-17)19-15(29)14(28)12(37-19)7-36-41(34,35)39-40(31,32)33/h2-5,8,12,14-15,19,28-29H,6-7H2,1H3,(H5-,21,23,24,30,31,32,33,34,35)/p+1/t12-,14-,15-,19-/m1/s1. The number of H-pyrrole nitrogens is 1. The number of ether oxygens (including phenoxy) is 1. The fourth-order valence-corrected chi connectivity index (χ4v) is 5.87. The molecule has 1 aliphatic heterocycles. The number of nitrogens with two attached hydrogens (primary N) is 1. The number of nitrogens with zero attached hydrogens (tertiary/aromatic N) is 5. The van der Waals surface area contributed by atoms with Crippen molar-refractivity contribution in [3.63, 3.8) is 0 Å². The number of aliphatic hydroxyl groups is 2. The summed E-state index contributed by atoms with van der Waals surface area (Å²) >= 11 is 0. The summed E-state index contributed by atoms with van der Waals surface area (Å²) in [5.41, 5.74) is 6.63. The SMILES string of the molecule is Cc1nc(-c2ccc(Cn3c[n+]([C@@H]4O[C@H](COP(=O)(O)OP(=O)(O)O)[C@@H](O)[C@H]4O)c4nc(N)[nH]c(=O)c43)cc2)no1. The summed E-state index contributed by atoms with van der Waals surface area (Å²) in [6, 6.07) is 7.09. The molecule has 4 heterocycles. The van der Waals surface area contributed by atoms with E-state index in [4.69, 9.17) is 24.8 Å². The molecule has 19 nitrogen and oxygen atoms in total. The molecule has 41 heavy (non-hydrogen) atoms. The van der Waals surface area contributed by atoms with Gasteiger partial charge >= 0.3 is 21.3 Å². The molecule has 0 bridgehead atoms. The van der Waals surface area contributed by atoms with Gasteiger partial charge in [-0.3, -0.25) is 18.9 Å². The van der Waals surface area contributed by atoms with Crippen LogP contribution in [0.25, 0.3) is 22.6 Å². The maximum absolute atomic E-state index is 12.9. The van der Waals surface area contributed by atoms with Gasteiger partial charge in [0.2, 0.25) is 23.5 Å². The molecule has 3 aromatic heterocycles. The van der Waals surface area contributed by atoms with Crippen LogP contribution in [-0.4, -0.2) is 74.5 Å². The van der Waals surface area contributed by atoms with E-state index in [9.17, 15) is 29.0 Å². The highest BCUT2D eigenvalue weighted by Crippen LogP contribution is 2.57. The topological polar surface area (TPSA) is 282 Å². The molecular weight excluding hydrogens is 592 g/mol. The van der Waals surface area contributed by atoms with Crippen molar-refractivity contribution < 1.29 is 56.7 Å². The number of benzene rings is 1. The summed E-state index contributed by atoms with van der Waals surface area (Å²) in [6.07, 6.45) is -4.79. The lowest BCUT2D eigenvalue weighted by Gasteiger charge is -2.17. The molecule has 0 amide bonds. The summed E-state index contributed by atoms with van der Waals surface area (Å²) in [6.45, 7) is 0.917. The van der Waals surface area contributed by atoms with E-state index >= 15 is 0 Å². The van der Waals surface area contributed by atoms with Gasteiger partial charge in [-0.25, -0.2) is 13.7 Å². The van der Waals surface area contributed by atoms with Crippen molar-refractivity contribution in [3.8, 4) is 11.4 Å². The number of phosphoric ester groups is 1. The van der Waals surface area contributed by atoms with Crippen LogP contribution in [0, 0.1) is 6.92 Å². The molecule has 4 aromatic rings. The Hall–Kier alpha value is -3.35. The van der Waals surface area contributed by atoms with Crippen LogP contribution in [0.1, 0.15) is 17.7 Å². The lowest BCUT2D eigenvalue weighted by Crippen LogP contribution is -2.46. The van der Waals surface area contributed by atoms with Crippen LogP contribution < -0.4 is 15.9 Å². The number of phosphoric acid groups is 2. The molecule has 1 unspecified atom stereocenters. The first-order valence-corrected chi connectivity index (χ1v) is 14.7. The number of aliphatic hydroxyl groups excluding tert-OH is 2. The minimum absolute atomic E-state index is 0.0133. The van der Waals surface area contributed by atoms with Crippen LogP contribution in [-0.2, 0) is 29.2 Å². The lowest BCUT2D eigenvalue weighted by atomic mass is 10.1. The number of anilines is 1. The molecule has 220 valence electrons. The minimum atomic E-state index is -5.38. The molecule has 5 rings (SSSR count). The zero-order valence-corrected chi connectivity index (χ0v) is 22.7. The summed E-state index contributed by atoms with van der Waals surface area (Å²) < 4.78 is 44.3. The highest BCUT2D eigenvalue weighted by Gasteiger charge is 2.48. The summed E-state index contributed by atoms with van der Waals surface area (Å²) in [5, 5.41) is 25.1. The van der Waals surface area contributed by atoms with Crippen molar-refractivity contribution in [3.05, 3.63) is 52.4 Å². The van der Waals surface area contributed by atoms with E-state index in [-0.39, 0.29) is 23.7 Å². The molecule has 21 heteroatoms. The predicted molar refractivity (Wildman–Crippen MR) is 133 cm³/mol. The smallest absolute Gasteiger partial charge is 0.387 e. The molecule has 5 atom stereocenters. The van der Waals surface area contributed by atoms with Crippen molar-refractivity contribution in [2.24, 2.45) is 0 Å². The molecule has 1 aromatic carbocycles. The molecular formula is C20H24N7O12P2+. The van der Waals surface area contributed by atoms with E-state index in [0.29, 0.717) is 17.3 Å². The van der Waals surface area contributed by atoms with E-state index in [2.05, 4.69) is 28.9 Å². The van der Waals surface area contributed by atoms with Gasteiger partial charge in [0.05, 0.1) is 13.2 Å². The van der Waals surface area contributed by atoms with Crippen LogP contribution in [0.5, 0.6) is 0 Å². The molecule has 0 saturated carbocycles. The summed E-state index contributed by atoms with van der Waals surface area (Å²) in [4.78, 5) is 50.6. The molecule has 1 saturated heterocycles. The first kappa shape index (κ1) is 29.2. The van der Waals surface area contributed by atoms with Gasteiger partial charge < -0.3 is 39.9 Å². The molecule has 0 radical (unpaired) electrons. The number of aryl methyl sites for hydroxylation is 1. The van der Waals surface area contributed by atoms with Crippen molar-refractivity contribution in [1.82, 2.24) is 24.7 Å². The average molecular weight is 616 g/mol. The molecule has 0 spiro atoms. The Morgan fingerprint density at radius 2 is 1.85 bits per heavy atom. The number of nitrogen functional groups attached to an aromatic ring is 1. The van der Waals surface area contributed by atoms with Gasteiger partial charge in [0.25, 0.3) is 11.5 Å². The van der Waals surface area contributed by atoms with Gasteiger partial charge in [0, 0.05) is 12.5 Å². The number of hydrogen-bond donors (Lipinski definition) is 7. The number of fused-ring (bicyclic) bond motifs is 1. The second-order valence-electron chi connectivity index (χ2n) is 8.99. The predicted octanol–water partition coefficient (Wildman–Crippen LogP) is -1.15. The Kier molecular flexibility index (Phi) is 7.68. The third-order valence-corrected chi connectivity index (χ3v) is 8.16. The lowest BCUT2D eigenvalue weighted by molar-refractivity contribution is -0.745. The highest BCUT2D eigenvalue weighted by molar-refractivity contribution is 7.60. The fourth-order valence-electron chi connectivity index (χ4n) is 4.27. The van der Waals surface area contributed by atoms with Gasteiger partial charge in [-0.2, -0.15) is 9.29 Å². The Bertz CT molecular complexity index is 1730. The quantitative estimate of drug-likeness (QED) is 0.0863. The van der Waals surface area contributed by atoms with Crippen molar-refractivity contribution >= 4 is 32.8 Å². The maximum atomic E-state index is 12.9. The van der Waals surface area contributed by atoms with Gasteiger partial charge in [-0.1, -0.05) is 34.4 Å². The van der Waals surface area contributed by atoms with Crippen LogP contribution in [0.15, 0.2) is 39.9 Å². The zero-order chi connectivity index (χ0) is 29.7. The largest absolute Gasteiger partial charge is 0.481 e. The number of nitrogens with one attached hydrogen (secondary N) is 1. The molecule has 8 N–H and O–H groups in total. The number of rotatable bonds is 9. The van der Waals surface area contributed by atoms with Crippen LogP contribution in [0.2, 0.25) is 0 Å². The first-order chi connectivity index (χ1) is 19.2. The van der Waals surface area contributed by atoms with Crippen molar-refractivity contribution in [1.29, 1.82) is 0 Å². The first-order valence-electron chi connectivity index (χ1n) is 11.7. The van der Waals surface area contributed by atoms with Gasteiger partial charge in [0.1, 0.15) is 18.3 Å². The third kappa shape index (κ3) is 6.29. The van der Waals surface area contributed by atoms with Crippen LogP contribution in [0.4, 0.5) is 5.95 Å². The van der Waals surface area contributed by atoms with E-state index in [1.165, 1.54) is 15.5 Å². The second-order valence-corrected chi connectivity index (χ2v) is 11.8. The highest BCUT2D eigenvalue weighted by atomic mass is 31.3. The number of imidazole rings is 1. The number of hydrogen-bond acceptors (Lipinski definition) is 13. The second kappa shape index (κ2) is 10.8. The van der Waals surface area contributed by atoms with E-state index in [1.54, 1.807) is 31.2 Å². The molecule has 1 aliphatic rings. The maximum Gasteiger partial charge on any atom is 0.481 e. The average Bonchev–Trinajstić information content (AvgIpc) is 3.53. The Morgan fingerprint density at radius 1 is 1.15 bits per heavy atom. The fraction of sp³-hybridized carbons (Fsp3) is 0.350. The summed E-state index contributed by atoms with van der Waals surface area (Å²) in [7, 11) is -10.6. The van der Waals surface area contributed by atoms with E-state index in [1.807, 2.05) is 0 Å².